The molecule has 2 aliphatic rings. The number of nitriles is 1. The first kappa shape index (κ1) is 18.1. The van der Waals surface area contributed by atoms with Gasteiger partial charge >= 0.3 is 0 Å². The summed E-state index contributed by atoms with van der Waals surface area (Å²) in [6, 6.07) is 9.24. The molecule has 27 heavy (non-hydrogen) atoms. The summed E-state index contributed by atoms with van der Waals surface area (Å²) in [5.74, 6) is -3.36. The summed E-state index contributed by atoms with van der Waals surface area (Å²) in [4.78, 5) is 15.5. The third-order valence-electron chi connectivity index (χ3n) is 5.21. The molecule has 2 aromatic rings. The highest BCUT2D eigenvalue weighted by atomic mass is 32.1. The molecule has 1 amide bonds. The fraction of sp³-hybridized carbons (Fsp3) is 0.474. The van der Waals surface area contributed by atoms with E-state index in [4.69, 9.17) is 5.26 Å². The van der Waals surface area contributed by atoms with Gasteiger partial charge in [-0.25, -0.2) is 8.78 Å². The molecule has 5 nitrogen and oxygen atoms in total. The molecule has 1 N–H and O–H groups in total. The smallest absolute Gasteiger partial charge is 0.268 e. The van der Waals surface area contributed by atoms with Gasteiger partial charge in [-0.3, -0.25) is 9.69 Å². The summed E-state index contributed by atoms with van der Waals surface area (Å²) in [6.07, 6.45) is 0.317. The quantitative estimate of drug-likeness (QED) is 0.871. The Hall–Kier alpha value is -2.24. The van der Waals surface area contributed by atoms with Gasteiger partial charge < -0.3 is 10.2 Å². The first-order valence-corrected chi connectivity index (χ1v) is 9.85. The number of halogens is 2. The number of nitrogens with one attached hydrogen (secondary N) is 1. The van der Waals surface area contributed by atoms with Crippen LogP contribution in [0.1, 0.15) is 12.8 Å². The van der Waals surface area contributed by atoms with Crippen molar-refractivity contribution in [2.45, 2.75) is 30.8 Å². The normalized spacial score (nSPS) is 25.0. The molecule has 8 heteroatoms. The van der Waals surface area contributed by atoms with Crippen LogP contribution in [-0.4, -0.2) is 59.9 Å². The molecular formula is C19H20F2N4OS. The van der Waals surface area contributed by atoms with Crippen molar-refractivity contribution in [3.63, 3.8) is 0 Å². The van der Waals surface area contributed by atoms with Crippen molar-refractivity contribution in [2.75, 3.05) is 31.5 Å². The highest BCUT2D eigenvalue weighted by Gasteiger charge is 2.47. The van der Waals surface area contributed by atoms with Gasteiger partial charge in [-0.15, -0.1) is 11.3 Å². The second-order valence-corrected chi connectivity index (χ2v) is 8.15. The van der Waals surface area contributed by atoms with Crippen LogP contribution in [0.4, 0.5) is 14.5 Å². The number of thiophene rings is 1. The maximum Gasteiger partial charge on any atom is 0.268 e. The molecule has 1 aromatic carbocycles. The second kappa shape index (κ2) is 7.06. The van der Waals surface area contributed by atoms with Gasteiger partial charge in [0.25, 0.3) is 5.92 Å². The van der Waals surface area contributed by atoms with Gasteiger partial charge in [0.1, 0.15) is 6.04 Å². The molecule has 142 valence electrons. The lowest BCUT2D eigenvalue weighted by Gasteiger charge is -2.23. The Morgan fingerprint density at radius 3 is 3.07 bits per heavy atom. The van der Waals surface area contributed by atoms with E-state index in [0.717, 1.165) is 23.6 Å². The fourth-order valence-corrected chi connectivity index (χ4v) is 4.77. The highest BCUT2D eigenvalue weighted by Crippen LogP contribution is 2.32. The molecule has 0 saturated carbocycles. The SMILES string of the molecule is N#C[C@@H]1CC(F)(F)CN1C(=O)CN1CC[C@H](Nc2cccc3ccsc23)C1. The number of carbonyl (C=O) groups is 1. The van der Waals surface area contributed by atoms with Crippen LogP contribution in [0, 0.1) is 11.3 Å². The van der Waals surface area contributed by atoms with Crippen LogP contribution >= 0.6 is 11.3 Å². The number of carbonyl (C=O) groups excluding carboxylic acids is 1. The summed E-state index contributed by atoms with van der Waals surface area (Å²) < 4.78 is 28.3. The minimum absolute atomic E-state index is 0.0790. The van der Waals surface area contributed by atoms with Gasteiger partial charge in [0.05, 0.1) is 29.5 Å². The zero-order valence-corrected chi connectivity index (χ0v) is 15.5. The molecule has 4 rings (SSSR count). The van der Waals surface area contributed by atoms with E-state index >= 15 is 0 Å². The number of alkyl halides is 2. The second-order valence-electron chi connectivity index (χ2n) is 7.24. The highest BCUT2D eigenvalue weighted by molar-refractivity contribution is 7.17. The first-order valence-electron chi connectivity index (χ1n) is 8.97. The van der Waals surface area contributed by atoms with Crippen LogP contribution in [0.2, 0.25) is 0 Å². The van der Waals surface area contributed by atoms with Crippen molar-refractivity contribution < 1.29 is 13.6 Å². The van der Waals surface area contributed by atoms with Crippen molar-refractivity contribution in [3.05, 3.63) is 29.6 Å². The number of benzene rings is 1. The molecule has 2 aliphatic heterocycles. The van der Waals surface area contributed by atoms with Crippen LogP contribution < -0.4 is 5.32 Å². The Morgan fingerprint density at radius 2 is 2.26 bits per heavy atom. The lowest BCUT2D eigenvalue weighted by Crippen LogP contribution is -2.43. The summed E-state index contributed by atoms with van der Waals surface area (Å²) in [5.41, 5.74) is 1.09. The topological polar surface area (TPSA) is 59.4 Å². The lowest BCUT2D eigenvalue weighted by atomic mass is 10.2. The van der Waals surface area contributed by atoms with E-state index in [1.165, 1.54) is 10.1 Å². The average Bonchev–Trinajstić information content (AvgIpc) is 3.33. The monoisotopic (exact) mass is 390 g/mol. The van der Waals surface area contributed by atoms with Crippen LogP contribution in [0.15, 0.2) is 29.6 Å². The van der Waals surface area contributed by atoms with E-state index in [-0.39, 0.29) is 18.5 Å². The van der Waals surface area contributed by atoms with Crippen molar-refractivity contribution in [3.8, 4) is 6.07 Å². The van der Waals surface area contributed by atoms with Crippen LogP contribution in [0.25, 0.3) is 10.1 Å². The maximum absolute atomic E-state index is 13.5. The molecule has 1 aromatic heterocycles. The molecule has 2 fully saturated rings. The van der Waals surface area contributed by atoms with E-state index in [2.05, 4.69) is 28.9 Å². The Kier molecular flexibility index (Phi) is 4.74. The minimum Gasteiger partial charge on any atom is -0.380 e. The number of hydrogen-bond acceptors (Lipinski definition) is 5. The Labute approximate surface area is 160 Å². The van der Waals surface area contributed by atoms with Gasteiger partial charge in [0.15, 0.2) is 0 Å². The summed E-state index contributed by atoms with van der Waals surface area (Å²) in [7, 11) is 0. The molecule has 0 bridgehead atoms. The number of hydrogen-bond donors (Lipinski definition) is 1. The predicted molar refractivity (Wildman–Crippen MR) is 101 cm³/mol. The zero-order chi connectivity index (χ0) is 19.0. The van der Waals surface area contributed by atoms with Gasteiger partial charge in [0.2, 0.25) is 5.91 Å². The van der Waals surface area contributed by atoms with Crippen molar-refractivity contribution in [2.24, 2.45) is 0 Å². The Balaban J connectivity index is 1.35. The van der Waals surface area contributed by atoms with E-state index in [0.29, 0.717) is 6.54 Å². The van der Waals surface area contributed by atoms with Crippen molar-refractivity contribution in [1.29, 1.82) is 5.26 Å². The molecular weight excluding hydrogens is 370 g/mol. The van der Waals surface area contributed by atoms with E-state index < -0.39 is 24.9 Å². The van der Waals surface area contributed by atoms with Crippen LogP contribution in [0.5, 0.6) is 0 Å². The van der Waals surface area contributed by atoms with E-state index in [1.54, 1.807) is 11.3 Å². The standard InChI is InChI=1S/C19H20F2N4OS/c20-19(21)8-15(9-22)25(12-19)17(26)11-24-6-4-14(10-24)23-16-3-1-2-13-5-7-27-18(13)16/h1-3,5,7,14-15,23H,4,6,8,10-12H2/t14-,15-/m0/s1. The number of anilines is 1. The van der Waals surface area contributed by atoms with Gasteiger partial charge in [0, 0.05) is 25.6 Å². The molecule has 0 spiro atoms. The van der Waals surface area contributed by atoms with Crippen molar-refractivity contribution in [1.82, 2.24) is 9.80 Å². The van der Waals surface area contributed by atoms with E-state index in [9.17, 15) is 13.6 Å². The maximum atomic E-state index is 13.5. The van der Waals surface area contributed by atoms with Crippen LogP contribution in [0.3, 0.4) is 0 Å². The average molecular weight is 390 g/mol. The zero-order valence-electron chi connectivity index (χ0n) is 14.7. The molecule has 0 unspecified atom stereocenters. The third kappa shape index (κ3) is 3.75. The largest absolute Gasteiger partial charge is 0.380 e. The van der Waals surface area contributed by atoms with Crippen LogP contribution in [-0.2, 0) is 4.79 Å². The number of rotatable bonds is 4. The predicted octanol–water partition coefficient (Wildman–Crippen LogP) is 3.15. The Bertz CT molecular complexity index is 893. The lowest BCUT2D eigenvalue weighted by molar-refractivity contribution is -0.133. The number of amides is 1. The molecule has 0 aliphatic carbocycles. The molecule has 2 saturated heterocycles. The first-order chi connectivity index (χ1) is 12.9. The molecule has 0 radical (unpaired) electrons. The van der Waals surface area contributed by atoms with Gasteiger partial charge in [-0.2, -0.15) is 5.26 Å². The van der Waals surface area contributed by atoms with Crippen molar-refractivity contribution >= 4 is 33.0 Å². The Morgan fingerprint density at radius 1 is 1.41 bits per heavy atom. The summed E-state index contributed by atoms with van der Waals surface area (Å²) in [6.45, 7) is 0.829. The van der Waals surface area contributed by atoms with E-state index in [1.807, 2.05) is 17.0 Å². The summed E-state index contributed by atoms with van der Waals surface area (Å²) in [5, 5.41) is 15.9. The minimum atomic E-state index is -2.97. The summed E-state index contributed by atoms with van der Waals surface area (Å²) >= 11 is 1.69. The fourth-order valence-electron chi connectivity index (χ4n) is 3.90. The number of likely N-dealkylation sites (tertiary alicyclic amines) is 2. The number of nitrogens with zero attached hydrogens (tertiary/aromatic N) is 3. The molecule has 3 heterocycles. The molecule has 2 atom stereocenters. The van der Waals surface area contributed by atoms with Gasteiger partial charge in [-0.1, -0.05) is 12.1 Å². The number of fused-ring (bicyclic) bond motifs is 1. The van der Waals surface area contributed by atoms with Gasteiger partial charge in [-0.05, 0) is 29.3 Å². The third-order valence-corrected chi connectivity index (χ3v) is 6.17.